The summed E-state index contributed by atoms with van der Waals surface area (Å²) in [7, 11) is -3.39. The van der Waals surface area contributed by atoms with Crippen LogP contribution in [0.1, 0.15) is 10.4 Å². The lowest BCUT2D eigenvalue weighted by atomic mass is 10.1. The van der Waals surface area contributed by atoms with Gasteiger partial charge in [0.05, 0.1) is 5.56 Å². The molecule has 1 heterocycles. The lowest BCUT2D eigenvalue weighted by Gasteiger charge is -2.22. The number of sulfone groups is 1. The van der Waals surface area contributed by atoms with Gasteiger partial charge in [0.2, 0.25) is 0 Å². The van der Waals surface area contributed by atoms with Gasteiger partial charge in [0.15, 0.2) is 20.9 Å². The first-order chi connectivity index (χ1) is 7.00. The second-order valence-corrected chi connectivity index (χ2v) is 5.72. The van der Waals surface area contributed by atoms with Crippen LogP contribution in [0.25, 0.3) is 0 Å². The molecular formula is C10H10O4S. The number of rotatable bonds is 1. The van der Waals surface area contributed by atoms with E-state index in [-0.39, 0.29) is 12.4 Å². The summed E-state index contributed by atoms with van der Waals surface area (Å²) < 4.78 is 27.8. The minimum Gasteiger partial charge on any atom is -0.491 e. The highest BCUT2D eigenvalue weighted by molar-refractivity contribution is 7.92. The zero-order valence-corrected chi connectivity index (χ0v) is 8.95. The predicted octanol–water partition coefficient (Wildman–Crippen LogP) is 0.675. The second-order valence-electron chi connectivity index (χ2n) is 3.49. The quantitative estimate of drug-likeness (QED) is 0.706. The number of para-hydroxylation sites is 1. The number of benzene rings is 1. The number of hydrogen-bond acceptors (Lipinski definition) is 4. The monoisotopic (exact) mass is 226 g/mol. The standard InChI is InChI=1S/C10H10O4S/c1-15(12,13)9-6-14-8-5-3-2-4-7(8)10(9)11/h2-5,9H,6H2,1H3. The van der Waals surface area contributed by atoms with Crippen molar-refractivity contribution < 1.29 is 17.9 Å². The van der Waals surface area contributed by atoms with Crippen molar-refractivity contribution in [2.75, 3.05) is 12.9 Å². The van der Waals surface area contributed by atoms with Gasteiger partial charge in [-0.2, -0.15) is 0 Å². The molecule has 80 valence electrons. The number of hydrogen-bond donors (Lipinski definition) is 0. The average molecular weight is 226 g/mol. The number of ketones is 1. The zero-order chi connectivity index (χ0) is 11.1. The van der Waals surface area contributed by atoms with Crippen LogP contribution in [0.15, 0.2) is 24.3 Å². The van der Waals surface area contributed by atoms with Crippen LogP contribution in [-0.2, 0) is 9.84 Å². The smallest absolute Gasteiger partial charge is 0.188 e. The van der Waals surface area contributed by atoms with Crippen LogP contribution in [0.2, 0.25) is 0 Å². The maximum atomic E-state index is 11.8. The lowest BCUT2D eigenvalue weighted by molar-refractivity contribution is 0.0939. The van der Waals surface area contributed by atoms with Crippen molar-refractivity contribution in [1.82, 2.24) is 0 Å². The van der Waals surface area contributed by atoms with Crippen LogP contribution in [0.4, 0.5) is 0 Å². The molecular weight excluding hydrogens is 216 g/mol. The number of Topliss-reactive ketones (excluding diaryl/α,β-unsaturated/α-hetero) is 1. The van der Waals surface area contributed by atoms with Gasteiger partial charge in [-0.25, -0.2) is 8.42 Å². The summed E-state index contributed by atoms with van der Waals surface area (Å²) in [5, 5.41) is -1.06. The molecule has 1 aliphatic heterocycles. The largest absolute Gasteiger partial charge is 0.491 e. The normalized spacial score (nSPS) is 20.6. The van der Waals surface area contributed by atoms with E-state index < -0.39 is 15.1 Å². The maximum Gasteiger partial charge on any atom is 0.188 e. The van der Waals surface area contributed by atoms with E-state index in [9.17, 15) is 13.2 Å². The molecule has 15 heavy (non-hydrogen) atoms. The Balaban J connectivity index is 2.47. The van der Waals surface area contributed by atoms with Crippen molar-refractivity contribution in [2.24, 2.45) is 0 Å². The molecule has 1 aliphatic rings. The van der Waals surface area contributed by atoms with Gasteiger partial charge in [-0.1, -0.05) is 12.1 Å². The molecule has 0 aliphatic carbocycles. The third-order valence-corrected chi connectivity index (χ3v) is 3.74. The first-order valence-electron chi connectivity index (χ1n) is 4.45. The van der Waals surface area contributed by atoms with Gasteiger partial charge in [0, 0.05) is 6.26 Å². The third-order valence-electron chi connectivity index (χ3n) is 2.35. The van der Waals surface area contributed by atoms with Crippen LogP contribution in [0, 0.1) is 0 Å². The minimum absolute atomic E-state index is 0.0886. The summed E-state index contributed by atoms with van der Waals surface area (Å²) in [5.41, 5.74) is 0.346. The van der Waals surface area contributed by atoms with E-state index in [1.54, 1.807) is 24.3 Å². The molecule has 0 amide bonds. The highest BCUT2D eigenvalue weighted by Crippen LogP contribution is 2.26. The van der Waals surface area contributed by atoms with Crippen molar-refractivity contribution in [3.05, 3.63) is 29.8 Å². The van der Waals surface area contributed by atoms with Crippen molar-refractivity contribution in [1.29, 1.82) is 0 Å². The Labute approximate surface area is 87.8 Å². The van der Waals surface area contributed by atoms with E-state index in [0.717, 1.165) is 6.26 Å². The van der Waals surface area contributed by atoms with Gasteiger partial charge in [0.25, 0.3) is 0 Å². The molecule has 0 spiro atoms. The van der Waals surface area contributed by atoms with Crippen LogP contribution < -0.4 is 4.74 Å². The zero-order valence-electron chi connectivity index (χ0n) is 8.14. The Kier molecular flexibility index (Phi) is 2.26. The van der Waals surface area contributed by atoms with Gasteiger partial charge in [-0.05, 0) is 12.1 Å². The second kappa shape index (κ2) is 3.34. The highest BCUT2D eigenvalue weighted by Gasteiger charge is 2.35. The molecule has 1 aromatic rings. The molecule has 1 atom stereocenters. The van der Waals surface area contributed by atoms with Crippen molar-refractivity contribution in [3.8, 4) is 5.75 Å². The van der Waals surface area contributed by atoms with E-state index in [1.165, 1.54) is 0 Å². The molecule has 0 bridgehead atoms. The Morgan fingerprint density at radius 3 is 2.67 bits per heavy atom. The summed E-state index contributed by atoms with van der Waals surface area (Å²) >= 11 is 0. The van der Waals surface area contributed by atoms with Crippen molar-refractivity contribution >= 4 is 15.6 Å². The van der Waals surface area contributed by atoms with E-state index in [0.29, 0.717) is 11.3 Å². The van der Waals surface area contributed by atoms with Gasteiger partial charge in [-0.15, -0.1) is 0 Å². The number of fused-ring (bicyclic) bond motifs is 1. The van der Waals surface area contributed by atoms with Crippen LogP contribution in [0.3, 0.4) is 0 Å². The molecule has 0 saturated heterocycles. The van der Waals surface area contributed by atoms with E-state index in [1.807, 2.05) is 0 Å². The Morgan fingerprint density at radius 2 is 2.00 bits per heavy atom. The van der Waals surface area contributed by atoms with Gasteiger partial charge in [0.1, 0.15) is 12.4 Å². The van der Waals surface area contributed by atoms with E-state index in [4.69, 9.17) is 4.74 Å². The molecule has 1 aromatic carbocycles. The molecule has 0 aromatic heterocycles. The van der Waals surface area contributed by atoms with E-state index in [2.05, 4.69) is 0 Å². The summed E-state index contributed by atoms with van der Waals surface area (Å²) in [6.45, 7) is -0.0886. The Bertz CT molecular complexity index is 504. The van der Waals surface area contributed by atoms with Crippen molar-refractivity contribution in [3.63, 3.8) is 0 Å². The van der Waals surface area contributed by atoms with Crippen LogP contribution >= 0.6 is 0 Å². The fourth-order valence-corrected chi connectivity index (χ4v) is 2.36. The summed E-state index contributed by atoms with van der Waals surface area (Å²) in [4.78, 5) is 11.8. The van der Waals surface area contributed by atoms with Gasteiger partial charge in [-0.3, -0.25) is 4.79 Å². The average Bonchev–Trinajstić information content (AvgIpc) is 2.16. The molecule has 0 radical (unpaired) electrons. The number of carbonyl (C=O) groups excluding carboxylic acids is 1. The summed E-state index contributed by atoms with van der Waals surface area (Å²) in [5.74, 6) is 0.0850. The molecule has 2 rings (SSSR count). The predicted molar refractivity (Wildman–Crippen MR) is 54.9 cm³/mol. The van der Waals surface area contributed by atoms with Crippen molar-refractivity contribution in [2.45, 2.75) is 5.25 Å². The number of ether oxygens (including phenoxy) is 1. The molecule has 0 N–H and O–H groups in total. The molecule has 0 saturated carbocycles. The Hall–Kier alpha value is -1.36. The lowest BCUT2D eigenvalue weighted by Crippen LogP contribution is -2.38. The first kappa shape index (κ1) is 10.2. The first-order valence-corrected chi connectivity index (χ1v) is 6.40. The van der Waals surface area contributed by atoms with Gasteiger partial charge >= 0.3 is 0 Å². The minimum atomic E-state index is -3.39. The molecule has 0 fully saturated rings. The fourth-order valence-electron chi connectivity index (χ4n) is 1.53. The maximum absolute atomic E-state index is 11.8. The fraction of sp³-hybridized carbons (Fsp3) is 0.300. The summed E-state index contributed by atoms with van der Waals surface area (Å²) in [6, 6.07) is 6.67. The molecule has 1 unspecified atom stereocenters. The van der Waals surface area contributed by atoms with E-state index >= 15 is 0 Å². The topological polar surface area (TPSA) is 60.4 Å². The SMILES string of the molecule is CS(=O)(=O)C1COc2ccccc2C1=O. The van der Waals surface area contributed by atoms with Crippen LogP contribution in [0.5, 0.6) is 5.75 Å². The van der Waals surface area contributed by atoms with Gasteiger partial charge < -0.3 is 4.74 Å². The third kappa shape index (κ3) is 1.74. The molecule has 4 nitrogen and oxygen atoms in total. The number of carbonyl (C=O) groups is 1. The summed E-state index contributed by atoms with van der Waals surface area (Å²) in [6.07, 6.45) is 1.05. The molecule has 5 heteroatoms. The Morgan fingerprint density at radius 1 is 1.33 bits per heavy atom. The highest BCUT2D eigenvalue weighted by atomic mass is 32.2. The van der Waals surface area contributed by atoms with Crippen LogP contribution in [-0.4, -0.2) is 32.3 Å².